The molecule has 5 nitrogen and oxygen atoms in total. The van der Waals surface area contributed by atoms with Crippen LogP contribution in [0.15, 0.2) is 58.6 Å². The van der Waals surface area contributed by atoms with Crippen LogP contribution in [0.1, 0.15) is 5.56 Å². The van der Waals surface area contributed by atoms with E-state index in [4.69, 9.17) is 16.8 Å². The van der Waals surface area contributed by atoms with Crippen molar-refractivity contribution in [3.05, 3.63) is 59.1 Å². The number of carbonyl (C=O) groups is 1. The monoisotopic (exact) mass is 396 g/mol. The van der Waals surface area contributed by atoms with E-state index in [0.717, 1.165) is 10.6 Å². The summed E-state index contributed by atoms with van der Waals surface area (Å²) in [6.07, 6.45) is 0.119. The van der Waals surface area contributed by atoms with Crippen molar-refractivity contribution >= 4 is 44.8 Å². The van der Waals surface area contributed by atoms with Crippen molar-refractivity contribution in [3.63, 3.8) is 0 Å². The summed E-state index contributed by atoms with van der Waals surface area (Å²) in [5.41, 5.74) is 0.655. The van der Waals surface area contributed by atoms with Gasteiger partial charge in [0.1, 0.15) is 11.5 Å². The van der Waals surface area contributed by atoms with E-state index in [9.17, 15) is 9.90 Å². The van der Waals surface area contributed by atoms with Crippen molar-refractivity contribution in [1.29, 1.82) is 0 Å². The van der Waals surface area contributed by atoms with E-state index in [1.54, 1.807) is 27.7 Å². The quantitative estimate of drug-likeness (QED) is 0.207. The highest BCUT2D eigenvalue weighted by molar-refractivity contribution is 8.76. The van der Waals surface area contributed by atoms with Gasteiger partial charge in [-0.25, -0.2) is 0 Å². The number of nitrogens with zero attached hydrogens (tertiary/aromatic N) is 1. The molecular weight excluding hydrogens is 380 g/mol. The number of phenolic OH excluding ortho intramolecular Hbond substituents is 1. The van der Waals surface area contributed by atoms with Crippen LogP contribution in [-0.4, -0.2) is 34.2 Å². The first-order valence-electron chi connectivity index (χ1n) is 7.41. The molecule has 2 rings (SSSR count). The Labute approximate surface area is 158 Å². The highest BCUT2D eigenvalue weighted by atomic mass is 35.5. The van der Waals surface area contributed by atoms with Gasteiger partial charge in [0.05, 0.1) is 5.02 Å². The number of benzene rings is 2. The number of aromatic hydroxyl groups is 1. The number of carbonyl (C=O) groups excluding carboxylic acids is 1. The molecule has 1 amide bonds. The zero-order valence-corrected chi connectivity index (χ0v) is 15.6. The van der Waals surface area contributed by atoms with Gasteiger partial charge in [-0.05, 0) is 29.8 Å². The lowest BCUT2D eigenvalue weighted by Gasteiger charge is -2.07. The minimum atomic E-state index is -0.433. The van der Waals surface area contributed by atoms with E-state index in [0.29, 0.717) is 12.1 Å². The Bertz CT molecular complexity index is 742. The Morgan fingerprint density at radius 1 is 1.20 bits per heavy atom. The summed E-state index contributed by atoms with van der Waals surface area (Å²) in [5, 5.41) is 24.4. The Balaban J connectivity index is 1.75. The van der Waals surface area contributed by atoms with Crippen molar-refractivity contribution in [1.82, 2.24) is 5.32 Å². The maximum atomic E-state index is 12.1. The number of halogens is 1. The van der Waals surface area contributed by atoms with Gasteiger partial charge in [0, 0.05) is 23.6 Å². The Kier molecular flexibility index (Phi) is 7.97. The molecule has 0 heterocycles. The third-order valence-corrected chi connectivity index (χ3v) is 5.82. The van der Waals surface area contributed by atoms with Gasteiger partial charge >= 0.3 is 0 Å². The second kappa shape index (κ2) is 10.2. The second-order valence-corrected chi connectivity index (χ2v) is 7.88. The van der Waals surface area contributed by atoms with E-state index in [1.807, 2.05) is 30.3 Å². The first kappa shape index (κ1) is 19.5. The van der Waals surface area contributed by atoms with E-state index >= 15 is 0 Å². The Morgan fingerprint density at radius 3 is 2.64 bits per heavy atom. The van der Waals surface area contributed by atoms with Crippen LogP contribution in [0.5, 0.6) is 5.75 Å². The molecule has 8 heteroatoms. The Morgan fingerprint density at radius 2 is 1.96 bits per heavy atom. The highest BCUT2D eigenvalue weighted by Crippen LogP contribution is 2.29. The summed E-state index contributed by atoms with van der Waals surface area (Å²) in [4.78, 5) is 13.2. The molecule has 25 heavy (non-hydrogen) atoms. The molecule has 0 aliphatic heterocycles. The lowest BCUT2D eigenvalue weighted by Crippen LogP contribution is -2.33. The molecule has 0 unspecified atom stereocenters. The highest BCUT2D eigenvalue weighted by Gasteiger charge is 2.13. The molecule has 3 N–H and O–H groups in total. The number of oxime groups is 1. The first-order valence-corrected chi connectivity index (χ1v) is 10.1. The SMILES string of the molecule is O=C(NCCSSc1ccccc1)/C(Cc1ccc(O)c(Cl)c1)=N/O. The van der Waals surface area contributed by atoms with Crippen LogP contribution in [0.25, 0.3) is 0 Å². The number of phenols is 1. The minimum Gasteiger partial charge on any atom is -0.506 e. The van der Waals surface area contributed by atoms with Gasteiger partial charge in [0.15, 0.2) is 0 Å². The van der Waals surface area contributed by atoms with Crippen molar-refractivity contribution in [2.45, 2.75) is 11.3 Å². The number of hydrogen-bond acceptors (Lipinski definition) is 6. The van der Waals surface area contributed by atoms with Crippen molar-refractivity contribution in [3.8, 4) is 5.75 Å². The maximum Gasteiger partial charge on any atom is 0.269 e. The molecule has 0 spiro atoms. The minimum absolute atomic E-state index is 0.0116. The molecule has 0 aromatic heterocycles. The summed E-state index contributed by atoms with van der Waals surface area (Å²) in [6, 6.07) is 14.5. The largest absolute Gasteiger partial charge is 0.506 e. The lowest BCUT2D eigenvalue weighted by atomic mass is 10.1. The smallest absolute Gasteiger partial charge is 0.269 e. The van der Waals surface area contributed by atoms with Crippen LogP contribution < -0.4 is 5.32 Å². The van der Waals surface area contributed by atoms with Crippen LogP contribution in [-0.2, 0) is 11.2 Å². The average molecular weight is 397 g/mol. The number of hydrogen-bond donors (Lipinski definition) is 3. The fourth-order valence-electron chi connectivity index (χ4n) is 1.91. The molecule has 0 atom stereocenters. The summed E-state index contributed by atoms with van der Waals surface area (Å²) in [5.74, 6) is 0.247. The van der Waals surface area contributed by atoms with E-state index in [-0.39, 0.29) is 22.9 Å². The van der Waals surface area contributed by atoms with E-state index in [1.165, 1.54) is 12.1 Å². The molecule has 0 saturated carbocycles. The van der Waals surface area contributed by atoms with Gasteiger partial charge in [-0.15, -0.1) is 0 Å². The summed E-state index contributed by atoms with van der Waals surface area (Å²) in [7, 11) is 3.27. The standard InChI is InChI=1S/C17H17ClN2O3S2/c18-14-10-12(6-7-16(14)21)11-15(20-23)17(22)19-8-9-24-25-13-4-2-1-3-5-13/h1-7,10,21,23H,8-9,11H2,(H,19,22)/b20-15+. The number of nitrogens with one attached hydrogen (secondary N) is 1. The van der Waals surface area contributed by atoms with Crippen molar-refractivity contribution in [2.75, 3.05) is 12.3 Å². The summed E-state index contributed by atoms with van der Waals surface area (Å²) >= 11 is 5.83. The average Bonchev–Trinajstić information content (AvgIpc) is 2.63. The summed E-state index contributed by atoms with van der Waals surface area (Å²) < 4.78 is 0. The van der Waals surface area contributed by atoms with Crippen LogP contribution >= 0.6 is 33.2 Å². The van der Waals surface area contributed by atoms with Gasteiger partial charge in [0.2, 0.25) is 0 Å². The fraction of sp³-hybridized carbons (Fsp3) is 0.176. The van der Waals surface area contributed by atoms with Gasteiger partial charge in [-0.3, -0.25) is 4.79 Å². The number of amides is 1. The molecule has 0 fully saturated rings. The normalized spacial score (nSPS) is 11.3. The van der Waals surface area contributed by atoms with Crippen LogP contribution in [0, 0.1) is 0 Å². The van der Waals surface area contributed by atoms with Gasteiger partial charge in [0.25, 0.3) is 5.91 Å². The van der Waals surface area contributed by atoms with E-state index < -0.39 is 5.91 Å². The predicted molar refractivity (Wildman–Crippen MR) is 104 cm³/mol. The lowest BCUT2D eigenvalue weighted by molar-refractivity contribution is -0.114. The molecule has 2 aromatic carbocycles. The second-order valence-electron chi connectivity index (χ2n) is 4.98. The maximum absolute atomic E-state index is 12.1. The predicted octanol–water partition coefficient (Wildman–Crippen LogP) is 3.98. The van der Waals surface area contributed by atoms with Crippen LogP contribution in [0.4, 0.5) is 0 Å². The van der Waals surface area contributed by atoms with Gasteiger partial charge < -0.3 is 15.6 Å². The topological polar surface area (TPSA) is 81.9 Å². The van der Waals surface area contributed by atoms with Gasteiger partial charge in [-0.2, -0.15) is 0 Å². The molecule has 0 aliphatic carbocycles. The zero-order valence-electron chi connectivity index (χ0n) is 13.2. The molecule has 132 valence electrons. The van der Waals surface area contributed by atoms with Gasteiger partial charge in [-0.1, -0.05) is 62.6 Å². The first-order chi connectivity index (χ1) is 12.1. The summed E-state index contributed by atoms with van der Waals surface area (Å²) in [6.45, 7) is 0.457. The molecule has 0 aliphatic rings. The van der Waals surface area contributed by atoms with Crippen LogP contribution in [0.3, 0.4) is 0 Å². The fourth-order valence-corrected chi connectivity index (χ4v) is 4.03. The molecule has 0 bridgehead atoms. The third-order valence-electron chi connectivity index (χ3n) is 3.14. The van der Waals surface area contributed by atoms with Crippen LogP contribution in [0.2, 0.25) is 5.02 Å². The Hall–Kier alpha value is -1.83. The van der Waals surface area contributed by atoms with Crippen molar-refractivity contribution in [2.24, 2.45) is 5.16 Å². The molecule has 0 saturated heterocycles. The molecule has 0 radical (unpaired) electrons. The van der Waals surface area contributed by atoms with E-state index in [2.05, 4.69) is 10.5 Å². The molecule has 2 aromatic rings. The van der Waals surface area contributed by atoms with Crippen molar-refractivity contribution < 1.29 is 15.1 Å². The number of rotatable bonds is 8. The zero-order chi connectivity index (χ0) is 18.1. The molecular formula is C17H17ClN2O3S2. The third kappa shape index (κ3) is 6.53.